The fraction of sp³-hybridized carbons (Fsp3) is 0. The molecule has 0 spiro atoms. The Morgan fingerprint density at radius 3 is 2.76 bits per heavy atom. The Bertz CT molecular complexity index is 577. The van der Waals surface area contributed by atoms with E-state index in [1.807, 2.05) is 6.07 Å². The van der Waals surface area contributed by atoms with Gasteiger partial charge in [-0.3, -0.25) is 0 Å². The highest BCUT2D eigenvalue weighted by atomic mass is 35.5. The Balaban J connectivity index is 2.25. The van der Waals surface area contributed by atoms with Crippen LogP contribution in [0.5, 0.6) is 0 Å². The summed E-state index contributed by atoms with van der Waals surface area (Å²) in [6.07, 6.45) is 2.64. The van der Waals surface area contributed by atoms with Gasteiger partial charge in [0.2, 0.25) is 0 Å². The Kier molecular flexibility index (Phi) is 3.17. The summed E-state index contributed by atoms with van der Waals surface area (Å²) in [5.41, 5.74) is 0.402. The first-order chi connectivity index (χ1) is 8.19. The molecule has 0 radical (unpaired) electrons. The van der Waals surface area contributed by atoms with Crippen molar-refractivity contribution in [3.63, 3.8) is 0 Å². The number of nitriles is 1. The number of halogens is 2. The zero-order valence-electron chi connectivity index (χ0n) is 8.48. The molecule has 0 saturated carbocycles. The van der Waals surface area contributed by atoms with Crippen LogP contribution in [-0.2, 0) is 0 Å². The number of rotatable bonds is 2. The molecule has 0 unspecified atom stereocenters. The third kappa shape index (κ3) is 2.68. The van der Waals surface area contributed by atoms with E-state index in [0.29, 0.717) is 10.8 Å². The van der Waals surface area contributed by atoms with Crippen LogP contribution in [0.1, 0.15) is 5.69 Å². The molecule has 1 heterocycles. The fourth-order valence-corrected chi connectivity index (χ4v) is 1.35. The highest BCUT2D eigenvalue weighted by Crippen LogP contribution is 2.22. The van der Waals surface area contributed by atoms with E-state index in [2.05, 4.69) is 15.3 Å². The molecular formula is C11H6ClFN4. The average molecular weight is 249 g/mol. The number of aromatic nitrogens is 2. The van der Waals surface area contributed by atoms with E-state index in [1.54, 1.807) is 0 Å². The highest BCUT2D eigenvalue weighted by Gasteiger charge is 2.04. The summed E-state index contributed by atoms with van der Waals surface area (Å²) in [5.74, 6) is -0.106. The quantitative estimate of drug-likeness (QED) is 0.888. The van der Waals surface area contributed by atoms with E-state index >= 15 is 0 Å². The molecule has 0 aliphatic heterocycles. The lowest BCUT2D eigenvalue weighted by molar-refractivity contribution is 0.632. The summed E-state index contributed by atoms with van der Waals surface area (Å²) in [7, 11) is 0. The summed E-state index contributed by atoms with van der Waals surface area (Å²) in [4.78, 5) is 7.71. The number of hydrogen-bond acceptors (Lipinski definition) is 4. The molecule has 0 aliphatic rings. The van der Waals surface area contributed by atoms with Crippen LogP contribution in [0.3, 0.4) is 0 Å². The minimum atomic E-state index is -0.444. The molecule has 1 N–H and O–H groups in total. The first-order valence-electron chi connectivity index (χ1n) is 4.63. The highest BCUT2D eigenvalue weighted by molar-refractivity contribution is 6.30. The normalized spacial score (nSPS) is 9.71. The summed E-state index contributed by atoms with van der Waals surface area (Å²) in [6, 6.07) is 5.99. The van der Waals surface area contributed by atoms with E-state index in [-0.39, 0.29) is 11.4 Å². The maximum atomic E-state index is 13.4. The van der Waals surface area contributed by atoms with Gasteiger partial charge in [-0.2, -0.15) is 5.26 Å². The molecule has 0 amide bonds. The smallest absolute Gasteiger partial charge is 0.158 e. The fourth-order valence-electron chi connectivity index (χ4n) is 1.18. The zero-order chi connectivity index (χ0) is 12.3. The number of nitrogens with one attached hydrogen (secondary N) is 1. The van der Waals surface area contributed by atoms with Crippen LogP contribution in [0.25, 0.3) is 0 Å². The maximum absolute atomic E-state index is 13.4. The van der Waals surface area contributed by atoms with Gasteiger partial charge in [0.1, 0.15) is 17.7 Å². The SMILES string of the molecule is N#Cc1cnc(Nc2cc(Cl)ccc2F)cn1. The average Bonchev–Trinajstić information content (AvgIpc) is 2.35. The second-order valence-electron chi connectivity index (χ2n) is 3.15. The molecule has 0 atom stereocenters. The third-order valence-electron chi connectivity index (χ3n) is 1.96. The molecule has 0 bridgehead atoms. The Morgan fingerprint density at radius 1 is 1.29 bits per heavy atom. The molecule has 1 aromatic heterocycles. The molecule has 6 heteroatoms. The van der Waals surface area contributed by atoms with Gasteiger partial charge in [0, 0.05) is 5.02 Å². The number of benzene rings is 1. The first-order valence-corrected chi connectivity index (χ1v) is 5.01. The third-order valence-corrected chi connectivity index (χ3v) is 2.19. The van der Waals surface area contributed by atoms with Crippen LogP contribution >= 0.6 is 11.6 Å². The molecule has 84 valence electrons. The summed E-state index contributed by atoms with van der Waals surface area (Å²) in [5, 5.41) is 11.7. The van der Waals surface area contributed by atoms with Crippen molar-refractivity contribution in [3.05, 3.63) is 47.1 Å². The topological polar surface area (TPSA) is 61.6 Å². The first kappa shape index (κ1) is 11.3. The van der Waals surface area contributed by atoms with Crippen LogP contribution in [0, 0.1) is 17.1 Å². The Morgan fingerprint density at radius 2 is 2.12 bits per heavy atom. The molecule has 0 saturated heterocycles. The van der Waals surface area contributed by atoms with Gasteiger partial charge in [-0.1, -0.05) is 11.6 Å². The van der Waals surface area contributed by atoms with E-state index in [9.17, 15) is 4.39 Å². The second kappa shape index (κ2) is 4.76. The predicted molar refractivity (Wildman–Crippen MR) is 61.4 cm³/mol. The molecule has 17 heavy (non-hydrogen) atoms. The number of anilines is 2. The van der Waals surface area contributed by atoms with E-state index in [4.69, 9.17) is 16.9 Å². The molecule has 2 rings (SSSR count). The molecule has 2 aromatic rings. The van der Waals surface area contributed by atoms with Crippen LogP contribution in [0.4, 0.5) is 15.9 Å². The van der Waals surface area contributed by atoms with Crippen LogP contribution in [-0.4, -0.2) is 9.97 Å². The van der Waals surface area contributed by atoms with Crippen LogP contribution in [0.15, 0.2) is 30.6 Å². The van der Waals surface area contributed by atoms with Gasteiger partial charge >= 0.3 is 0 Å². The van der Waals surface area contributed by atoms with Gasteiger partial charge in [0.05, 0.1) is 18.1 Å². The summed E-state index contributed by atoms with van der Waals surface area (Å²) >= 11 is 5.74. The largest absolute Gasteiger partial charge is 0.337 e. The van der Waals surface area contributed by atoms with Crippen molar-refractivity contribution in [3.8, 4) is 6.07 Å². The Labute approximate surface area is 102 Å². The Hall–Kier alpha value is -2.19. The van der Waals surface area contributed by atoms with Gasteiger partial charge in [0.15, 0.2) is 5.69 Å². The van der Waals surface area contributed by atoms with Gasteiger partial charge in [-0.25, -0.2) is 14.4 Å². The lowest BCUT2D eigenvalue weighted by Gasteiger charge is -2.06. The lowest BCUT2D eigenvalue weighted by Crippen LogP contribution is -1.97. The van der Waals surface area contributed by atoms with Crippen LogP contribution in [0.2, 0.25) is 5.02 Å². The molecular weight excluding hydrogens is 243 g/mol. The van der Waals surface area contributed by atoms with Crippen molar-refractivity contribution in [1.82, 2.24) is 9.97 Å². The molecule has 0 aliphatic carbocycles. The molecule has 4 nitrogen and oxygen atoms in total. The predicted octanol–water partition coefficient (Wildman–Crippen LogP) is 2.88. The van der Waals surface area contributed by atoms with Gasteiger partial charge in [0.25, 0.3) is 0 Å². The molecule has 0 fully saturated rings. The lowest BCUT2D eigenvalue weighted by atomic mass is 10.3. The standard InChI is InChI=1S/C11H6ClFN4/c12-7-1-2-9(13)10(3-7)17-11-6-15-8(4-14)5-16-11/h1-3,5-6H,(H,16,17). The number of nitrogens with zero attached hydrogens (tertiary/aromatic N) is 3. The summed E-state index contributed by atoms with van der Waals surface area (Å²) < 4.78 is 13.4. The van der Waals surface area contributed by atoms with Crippen molar-refractivity contribution in [1.29, 1.82) is 5.26 Å². The zero-order valence-corrected chi connectivity index (χ0v) is 9.24. The van der Waals surface area contributed by atoms with Crippen molar-refractivity contribution in [2.45, 2.75) is 0 Å². The minimum absolute atomic E-state index is 0.196. The summed E-state index contributed by atoms with van der Waals surface area (Å²) in [6.45, 7) is 0. The minimum Gasteiger partial charge on any atom is -0.337 e. The van der Waals surface area contributed by atoms with Crippen molar-refractivity contribution in [2.24, 2.45) is 0 Å². The van der Waals surface area contributed by atoms with Crippen molar-refractivity contribution in [2.75, 3.05) is 5.32 Å². The van der Waals surface area contributed by atoms with Gasteiger partial charge in [-0.15, -0.1) is 0 Å². The van der Waals surface area contributed by atoms with E-state index < -0.39 is 5.82 Å². The van der Waals surface area contributed by atoms with Gasteiger partial charge in [-0.05, 0) is 18.2 Å². The monoisotopic (exact) mass is 248 g/mol. The van der Waals surface area contributed by atoms with Crippen LogP contribution < -0.4 is 5.32 Å². The maximum Gasteiger partial charge on any atom is 0.158 e. The van der Waals surface area contributed by atoms with E-state index in [1.165, 1.54) is 30.6 Å². The van der Waals surface area contributed by atoms with E-state index in [0.717, 1.165) is 0 Å². The van der Waals surface area contributed by atoms with Gasteiger partial charge < -0.3 is 5.32 Å². The molecule has 1 aromatic carbocycles. The van der Waals surface area contributed by atoms with Crippen molar-refractivity contribution < 1.29 is 4.39 Å². The van der Waals surface area contributed by atoms with Crippen molar-refractivity contribution >= 4 is 23.1 Å². The second-order valence-corrected chi connectivity index (χ2v) is 3.58. The number of hydrogen-bond donors (Lipinski definition) is 1.